The van der Waals surface area contributed by atoms with E-state index in [1.807, 2.05) is 18.2 Å². The summed E-state index contributed by atoms with van der Waals surface area (Å²) < 4.78 is 0. The van der Waals surface area contributed by atoms with Crippen molar-refractivity contribution in [3.63, 3.8) is 0 Å². The normalized spacial score (nSPS) is 16.2. The fourth-order valence-corrected chi connectivity index (χ4v) is 4.05. The molecule has 1 aliphatic rings. The van der Waals surface area contributed by atoms with E-state index in [0.717, 1.165) is 36.8 Å². The number of non-ortho nitro benzene ring substituents is 1. The van der Waals surface area contributed by atoms with E-state index in [9.17, 15) is 14.9 Å². The Balaban J connectivity index is 1.45. The highest BCUT2D eigenvalue weighted by Gasteiger charge is 2.23. The van der Waals surface area contributed by atoms with Crippen molar-refractivity contribution in [2.75, 3.05) is 38.0 Å². The predicted octanol–water partition coefficient (Wildman–Crippen LogP) is 4.26. The van der Waals surface area contributed by atoms with Crippen LogP contribution in [0.4, 0.5) is 11.4 Å². The van der Waals surface area contributed by atoms with Gasteiger partial charge in [-0.1, -0.05) is 29.8 Å². The molecule has 30 heavy (non-hydrogen) atoms. The number of nitro groups is 1. The minimum absolute atomic E-state index is 0.0226. The fourth-order valence-electron chi connectivity index (χ4n) is 3.76. The molecule has 1 amide bonds. The van der Waals surface area contributed by atoms with E-state index in [-0.39, 0.29) is 17.6 Å². The maximum Gasteiger partial charge on any atom is 0.269 e. The van der Waals surface area contributed by atoms with Crippen LogP contribution >= 0.6 is 11.6 Å². The second-order valence-electron chi connectivity index (χ2n) is 7.63. The lowest BCUT2D eigenvalue weighted by Crippen LogP contribution is -2.47. The molecule has 0 aliphatic carbocycles. The number of aryl methyl sites for hydroxylation is 1. The van der Waals surface area contributed by atoms with Gasteiger partial charge < -0.3 is 10.2 Å². The lowest BCUT2D eigenvalue weighted by Gasteiger charge is -2.38. The smallest absolute Gasteiger partial charge is 0.269 e. The summed E-state index contributed by atoms with van der Waals surface area (Å²) in [6.07, 6.45) is 0.385. The molecule has 0 spiro atoms. The van der Waals surface area contributed by atoms with Crippen LogP contribution in [0.15, 0.2) is 42.5 Å². The number of benzene rings is 2. The third kappa shape index (κ3) is 5.56. The van der Waals surface area contributed by atoms with Crippen LogP contribution in [0.5, 0.6) is 0 Å². The van der Waals surface area contributed by atoms with E-state index >= 15 is 0 Å². The molecule has 1 heterocycles. The van der Waals surface area contributed by atoms with Gasteiger partial charge in [-0.2, -0.15) is 0 Å². The van der Waals surface area contributed by atoms with Crippen molar-refractivity contribution in [3.05, 3.63) is 68.7 Å². The SMILES string of the molecule is Cc1cc([N+](=O)[O-])ccc1NC(=O)CCN1CCN(C(C)c2ccccc2Cl)CC1. The Labute approximate surface area is 181 Å². The average Bonchev–Trinajstić information content (AvgIpc) is 2.74. The molecule has 0 radical (unpaired) electrons. The minimum Gasteiger partial charge on any atom is -0.326 e. The van der Waals surface area contributed by atoms with Gasteiger partial charge in [-0.25, -0.2) is 0 Å². The van der Waals surface area contributed by atoms with Gasteiger partial charge in [-0.3, -0.25) is 19.8 Å². The predicted molar refractivity (Wildman–Crippen MR) is 119 cm³/mol. The van der Waals surface area contributed by atoms with Crippen molar-refractivity contribution in [1.29, 1.82) is 0 Å². The Hall–Kier alpha value is -2.48. The van der Waals surface area contributed by atoms with Crippen molar-refractivity contribution < 1.29 is 9.72 Å². The number of halogens is 1. The van der Waals surface area contributed by atoms with Crippen molar-refractivity contribution in [2.24, 2.45) is 0 Å². The molecule has 7 nitrogen and oxygen atoms in total. The Kier molecular flexibility index (Phi) is 7.42. The lowest BCUT2D eigenvalue weighted by molar-refractivity contribution is -0.384. The van der Waals surface area contributed by atoms with Crippen LogP contribution in [0.3, 0.4) is 0 Å². The zero-order valence-electron chi connectivity index (χ0n) is 17.3. The standard InChI is InChI=1S/C22H27ClN4O3/c1-16-15-18(27(29)30)7-8-21(16)24-22(28)9-10-25-11-13-26(14-12-25)17(2)19-5-3-4-6-20(19)23/h3-8,15,17H,9-14H2,1-2H3,(H,24,28). The van der Waals surface area contributed by atoms with Crippen molar-refractivity contribution >= 4 is 28.9 Å². The number of carbonyl (C=O) groups is 1. The van der Waals surface area contributed by atoms with Crippen LogP contribution in [-0.4, -0.2) is 53.4 Å². The summed E-state index contributed by atoms with van der Waals surface area (Å²) in [5.41, 5.74) is 2.46. The molecular weight excluding hydrogens is 404 g/mol. The van der Waals surface area contributed by atoms with Crippen LogP contribution in [0.2, 0.25) is 5.02 Å². The van der Waals surface area contributed by atoms with Crippen molar-refractivity contribution in [3.8, 4) is 0 Å². The van der Waals surface area contributed by atoms with Gasteiger partial charge in [-0.15, -0.1) is 0 Å². The van der Waals surface area contributed by atoms with Gasteiger partial charge in [0.1, 0.15) is 0 Å². The second-order valence-corrected chi connectivity index (χ2v) is 8.04. The number of carbonyl (C=O) groups excluding carboxylic acids is 1. The maximum atomic E-state index is 12.3. The van der Waals surface area contributed by atoms with Gasteiger partial charge in [0.25, 0.3) is 5.69 Å². The van der Waals surface area contributed by atoms with E-state index in [0.29, 0.717) is 24.2 Å². The quantitative estimate of drug-likeness (QED) is 0.524. The van der Waals surface area contributed by atoms with E-state index in [1.54, 1.807) is 13.0 Å². The first kappa shape index (κ1) is 22.2. The number of hydrogen-bond donors (Lipinski definition) is 1. The lowest BCUT2D eigenvalue weighted by atomic mass is 10.1. The third-order valence-electron chi connectivity index (χ3n) is 5.66. The first-order valence-electron chi connectivity index (χ1n) is 10.1. The van der Waals surface area contributed by atoms with Gasteiger partial charge in [0, 0.05) is 68.0 Å². The van der Waals surface area contributed by atoms with Crippen molar-refractivity contribution in [1.82, 2.24) is 9.80 Å². The molecule has 0 bridgehead atoms. The second kappa shape index (κ2) is 10.0. The molecule has 1 fully saturated rings. The first-order valence-corrected chi connectivity index (χ1v) is 10.5. The molecule has 3 rings (SSSR count). The van der Waals surface area contributed by atoms with Gasteiger partial charge in [0.15, 0.2) is 0 Å². The summed E-state index contributed by atoms with van der Waals surface area (Å²) in [4.78, 5) is 27.4. The Morgan fingerprint density at radius 2 is 1.90 bits per heavy atom. The molecule has 1 saturated heterocycles. The highest BCUT2D eigenvalue weighted by atomic mass is 35.5. The summed E-state index contributed by atoms with van der Waals surface area (Å²) in [5, 5.41) is 14.5. The zero-order valence-corrected chi connectivity index (χ0v) is 18.1. The average molecular weight is 431 g/mol. The molecule has 8 heteroatoms. The zero-order chi connectivity index (χ0) is 21.7. The summed E-state index contributed by atoms with van der Waals surface area (Å²) in [7, 11) is 0. The molecule has 2 aromatic rings. The molecule has 1 N–H and O–H groups in total. The third-order valence-corrected chi connectivity index (χ3v) is 6.00. The first-order chi connectivity index (χ1) is 14.3. The minimum atomic E-state index is -0.440. The van der Waals surface area contributed by atoms with E-state index < -0.39 is 4.92 Å². The highest BCUT2D eigenvalue weighted by molar-refractivity contribution is 6.31. The number of nitro benzene ring substituents is 1. The van der Waals surface area contributed by atoms with E-state index in [1.165, 1.54) is 12.1 Å². The highest BCUT2D eigenvalue weighted by Crippen LogP contribution is 2.28. The summed E-state index contributed by atoms with van der Waals surface area (Å²) in [5.74, 6) is -0.0844. The number of anilines is 1. The van der Waals surface area contributed by atoms with Gasteiger partial charge in [0.2, 0.25) is 5.91 Å². The number of nitrogens with zero attached hydrogens (tertiary/aromatic N) is 3. The molecule has 2 aromatic carbocycles. The summed E-state index contributed by atoms with van der Waals surface area (Å²) in [6, 6.07) is 12.7. The largest absolute Gasteiger partial charge is 0.326 e. The van der Waals surface area contributed by atoms with Crippen molar-refractivity contribution in [2.45, 2.75) is 26.3 Å². The molecule has 0 saturated carbocycles. The molecule has 0 aromatic heterocycles. The molecule has 1 atom stereocenters. The maximum absolute atomic E-state index is 12.3. The summed E-state index contributed by atoms with van der Waals surface area (Å²) >= 11 is 6.34. The number of hydrogen-bond acceptors (Lipinski definition) is 5. The van der Waals surface area contributed by atoms with E-state index in [2.05, 4.69) is 28.1 Å². The Morgan fingerprint density at radius 3 is 2.53 bits per heavy atom. The van der Waals surface area contributed by atoms with Crippen LogP contribution < -0.4 is 5.32 Å². The Bertz CT molecular complexity index is 913. The molecule has 160 valence electrons. The van der Waals surface area contributed by atoms with Crippen LogP contribution in [-0.2, 0) is 4.79 Å². The monoisotopic (exact) mass is 430 g/mol. The fraction of sp³-hybridized carbons (Fsp3) is 0.409. The number of amides is 1. The number of piperazine rings is 1. The van der Waals surface area contributed by atoms with Crippen LogP contribution in [0.1, 0.15) is 30.5 Å². The van der Waals surface area contributed by atoms with Crippen LogP contribution in [0, 0.1) is 17.0 Å². The topological polar surface area (TPSA) is 78.7 Å². The molecule has 1 unspecified atom stereocenters. The molecular formula is C22H27ClN4O3. The van der Waals surface area contributed by atoms with Gasteiger partial charge in [-0.05, 0) is 37.1 Å². The Morgan fingerprint density at radius 1 is 1.20 bits per heavy atom. The number of nitrogens with one attached hydrogen (secondary N) is 1. The van der Waals surface area contributed by atoms with Crippen LogP contribution in [0.25, 0.3) is 0 Å². The number of rotatable bonds is 7. The van der Waals surface area contributed by atoms with E-state index in [4.69, 9.17) is 11.6 Å². The molecule has 1 aliphatic heterocycles. The van der Waals surface area contributed by atoms with Gasteiger partial charge >= 0.3 is 0 Å². The van der Waals surface area contributed by atoms with Gasteiger partial charge in [0.05, 0.1) is 4.92 Å². The summed E-state index contributed by atoms with van der Waals surface area (Å²) in [6.45, 7) is 8.27.